The topological polar surface area (TPSA) is 61.6 Å². The molecule has 0 aromatic heterocycles. The molecule has 18 heavy (non-hydrogen) atoms. The van der Waals surface area contributed by atoms with E-state index in [0.29, 0.717) is 19.6 Å². The molecule has 4 atom stereocenters. The van der Waals surface area contributed by atoms with Gasteiger partial charge in [-0.3, -0.25) is 9.69 Å². The summed E-state index contributed by atoms with van der Waals surface area (Å²) < 4.78 is 14.0. The van der Waals surface area contributed by atoms with Gasteiger partial charge in [0.1, 0.15) is 6.17 Å². The molecule has 5 nitrogen and oxygen atoms in total. The largest absolute Gasteiger partial charge is 0.337 e. The maximum Gasteiger partial charge on any atom is 0.237 e. The van der Waals surface area contributed by atoms with E-state index in [4.69, 9.17) is 5.73 Å². The van der Waals surface area contributed by atoms with Crippen molar-refractivity contribution in [2.45, 2.75) is 37.1 Å². The smallest absolute Gasteiger partial charge is 0.237 e. The number of piperazine rings is 1. The lowest BCUT2D eigenvalue weighted by atomic mass is 9.96. The zero-order chi connectivity index (χ0) is 12.7. The Kier molecular flexibility index (Phi) is 3.25. The highest BCUT2D eigenvalue weighted by molar-refractivity contribution is 5.79. The Labute approximate surface area is 106 Å². The molecule has 0 bridgehead atoms. The average molecular weight is 256 g/mol. The van der Waals surface area contributed by atoms with Crippen LogP contribution in [0.15, 0.2) is 0 Å². The molecule has 3 heterocycles. The number of nitrogens with two attached hydrogens (primary N) is 1. The van der Waals surface area contributed by atoms with Gasteiger partial charge in [0.25, 0.3) is 0 Å². The van der Waals surface area contributed by atoms with E-state index in [0.717, 1.165) is 25.9 Å². The van der Waals surface area contributed by atoms with Crippen LogP contribution in [0.25, 0.3) is 0 Å². The van der Waals surface area contributed by atoms with Crippen molar-refractivity contribution in [2.24, 2.45) is 5.73 Å². The molecular weight excluding hydrogens is 235 g/mol. The molecule has 3 aliphatic heterocycles. The Hall–Kier alpha value is -0.720. The maximum atomic E-state index is 14.0. The molecule has 6 heteroatoms. The van der Waals surface area contributed by atoms with Gasteiger partial charge in [-0.2, -0.15) is 0 Å². The number of nitrogens with one attached hydrogen (secondary N) is 1. The van der Waals surface area contributed by atoms with Gasteiger partial charge in [0, 0.05) is 38.3 Å². The molecule has 0 radical (unpaired) electrons. The third-order valence-electron chi connectivity index (χ3n) is 4.43. The minimum absolute atomic E-state index is 0.140. The predicted octanol–water partition coefficient (Wildman–Crippen LogP) is -1.07. The minimum Gasteiger partial charge on any atom is -0.337 e. The molecule has 3 aliphatic rings. The van der Waals surface area contributed by atoms with Crippen molar-refractivity contribution in [1.82, 2.24) is 15.1 Å². The SMILES string of the molecule is NC1CNCC(F)C1N1CC(=O)N2CCCC2C1. The zero-order valence-corrected chi connectivity index (χ0v) is 10.5. The standard InChI is InChI=1S/C12H21FN4O/c13-9-4-15-5-10(14)12(9)16-6-8-2-1-3-17(8)11(18)7-16/h8-10,12,15H,1-7,14H2. The van der Waals surface area contributed by atoms with Gasteiger partial charge in [0.05, 0.1) is 12.6 Å². The first-order valence-corrected chi connectivity index (χ1v) is 6.80. The molecule has 3 fully saturated rings. The first-order chi connectivity index (χ1) is 8.66. The van der Waals surface area contributed by atoms with E-state index >= 15 is 0 Å². The van der Waals surface area contributed by atoms with E-state index in [-0.39, 0.29) is 24.0 Å². The van der Waals surface area contributed by atoms with E-state index in [9.17, 15) is 9.18 Å². The maximum absolute atomic E-state index is 14.0. The minimum atomic E-state index is -0.977. The first-order valence-electron chi connectivity index (χ1n) is 6.80. The molecule has 0 saturated carbocycles. The number of hydrogen-bond acceptors (Lipinski definition) is 4. The Morgan fingerprint density at radius 1 is 1.39 bits per heavy atom. The number of rotatable bonds is 1. The number of alkyl halides is 1. The fraction of sp³-hybridized carbons (Fsp3) is 0.917. The number of amides is 1. The van der Waals surface area contributed by atoms with Crippen LogP contribution in [0.3, 0.4) is 0 Å². The molecule has 0 aromatic rings. The van der Waals surface area contributed by atoms with Crippen LogP contribution in [-0.4, -0.2) is 72.7 Å². The lowest BCUT2D eigenvalue weighted by molar-refractivity contribution is -0.140. The van der Waals surface area contributed by atoms with Gasteiger partial charge in [-0.05, 0) is 12.8 Å². The summed E-state index contributed by atoms with van der Waals surface area (Å²) >= 11 is 0. The first kappa shape index (κ1) is 12.3. The molecule has 102 valence electrons. The third kappa shape index (κ3) is 2.02. The Morgan fingerprint density at radius 2 is 2.22 bits per heavy atom. The second kappa shape index (κ2) is 4.75. The van der Waals surface area contributed by atoms with E-state index in [1.54, 1.807) is 0 Å². The molecule has 0 aliphatic carbocycles. The molecule has 3 N–H and O–H groups in total. The number of piperidine rings is 1. The third-order valence-corrected chi connectivity index (χ3v) is 4.43. The van der Waals surface area contributed by atoms with E-state index < -0.39 is 6.17 Å². The number of halogens is 1. The van der Waals surface area contributed by atoms with Gasteiger partial charge in [-0.15, -0.1) is 0 Å². The van der Waals surface area contributed by atoms with Crippen LogP contribution in [-0.2, 0) is 4.79 Å². The highest BCUT2D eigenvalue weighted by Gasteiger charge is 2.43. The number of nitrogens with zero attached hydrogens (tertiary/aromatic N) is 2. The van der Waals surface area contributed by atoms with Crippen molar-refractivity contribution in [2.75, 3.05) is 32.7 Å². The Morgan fingerprint density at radius 3 is 3.00 bits per heavy atom. The lowest BCUT2D eigenvalue weighted by Gasteiger charge is -2.45. The van der Waals surface area contributed by atoms with Gasteiger partial charge in [0.2, 0.25) is 5.91 Å². The summed E-state index contributed by atoms with van der Waals surface area (Å²) in [6, 6.07) is -0.256. The predicted molar refractivity (Wildman–Crippen MR) is 65.8 cm³/mol. The van der Waals surface area contributed by atoms with Crippen molar-refractivity contribution in [3.8, 4) is 0 Å². The van der Waals surface area contributed by atoms with Crippen molar-refractivity contribution in [1.29, 1.82) is 0 Å². The number of carbonyl (C=O) groups is 1. The summed E-state index contributed by atoms with van der Waals surface area (Å²) in [6.45, 7) is 2.95. The second-order valence-corrected chi connectivity index (χ2v) is 5.64. The van der Waals surface area contributed by atoms with Gasteiger partial charge in [0.15, 0.2) is 0 Å². The summed E-state index contributed by atoms with van der Waals surface area (Å²) in [7, 11) is 0. The molecule has 0 aromatic carbocycles. The molecule has 4 unspecified atom stereocenters. The van der Waals surface area contributed by atoms with E-state index in [1.165, 1.54) is 0 Å². The highest BCUT2D eigenvalue weighted by atomic mass is 19.1. The van der Waals surface area contributed by atoms with Crippen molar-refractivity contribution >= 4 is 5.91 Å². The van der Waals surface area contributed by atoms with Crippen LogP contribution >= 0.6 is 0 Å². The number of fused-ring (bicyclic) bond motifs is 1. The summed E-state index contributed by atoms with van der Waals surface area (Å²) in [5, 5.41) is 2.99. The van der Waals surface area contributed by atoms with Gasteiger partial charge in [-0.25, -0.2) is 4.39 Å². The Bertz CT molecular complexity index is 330. The van der Waals surface area contributed by atoms with Gasteiger partial charge < -0.3 is 16.0 Å². The van der Waals surface area contributed by atoms with Crippen molar-refractivity contribution in [3.63, 3.8) is 0 Å². The fourth-order valence-corrected chi connectivity index (χ4v) is 3.58. The van der Waals surface area contributed by atoms with E-state index in [1.807, 2.05) is 9.80 Å². The zero-order valence-electron chi connectivity index (χ0n) is 10.5. The van der Waals surface area contributed by atoms with Crippen LogP contribution in [0.4, 0.5) is 4.39 Å². The van der Waals surface area contributed by atoms with Crippen molar-refractivity contribution < 1.29 is 9.18 Å². The monoisotopic (exact) mass is 256 g/mol. The quantitative estimate of drug-likeness (QED) is 0.627. The number of carbonyl (C=O) groups excluding carboxylic acids is 1. The number of hydrogen-bond donors (Lipinski definition) is 2. The van der Waals surface area contributed by atoms with Crippen LogP contribution < -0.4 is 11.1 Å². The molecule has 1 amide bonds. The van der Waals surface area contributed by atoms with E-state index in [2.05, 4.69) is 5.32 Å². The molecule has 0 spiro atoms. The van der Waals surface area contributed by atoms with Crippen LogP contribution in [0.5, 0.6) is 0 Å². The second-order valence-electron chi connectivity index (χ2n) is 5.64. The summed E-state index contributed by atoms with van der Waals surface area (Å²) in [5.41, 5.74) is 6.01. The van der Waals surface area contributed by atoms with Crippen LogP contribution in [0.2, 0.25) is 0 Å². The summed E-state index contributed by atoms with van der Waals surface area (Å²) in [6.07, 6.45) is 1.13. The normalized spacial score (nSPS) is 42.1. The average Bonchev–Trinajstić information content (AvgIpc) is 2.77. The lowest BCUT2D eigenvalue weighted by Crippen LogP contribution is -2.67. The van der Waals surface area contributed by atoms with Gasteiger partial charge >= 0.3 is 0 Å². The fourth-order valence-electron chi connectivity index (χ4n) is 3.58. The van der Waals surface area contributed by atoms with Crippen molar-refractivity contribution in [3.05, 3.63) is 0 Å². The summed E-state index contributed by atoms with van der Waals surface area (Å²) in [5.74, 6) is 0.140. The van der Waals surface area contributed by atoms with Crippen LogP contribution in [0, 0.1) is 0 Å². The summed E-state index contributed by atoms with van der Waals surface area (Å²) in [4.78, 5) is 16.0. The molecular formula is C12H21FN4O. The highest BCUT2D eigenvalue weighted by Crippen LogP contribution is 2.26. The van der Waals surface area contributed by atoms with Crippen LogP contribution in [0.1, 0.15) is 12.8 Å². The molecule has 3 rings (SSSR count). The molecule has 3 saturated heterocycles. The Balaban J connectivity index is 1.73. The van der Waals surface area contributed by atoms with Gasteiger partial charge in [-0.1, -0.05) is 0 Å².